The van der Waals surface area contributed by atoms with Gasteiger partial charge in [0.2, 0.25) is 0 Å². The van der Waals surface area contributed by atoms with Crippen molar-refractivity contribution in [3.8, 4) is 0 Å². The third-order valence-electron chi connectivity index (χ3n) is 3.32. The molecular weight excluding hydrogens is 308 g/mol. The molecule has 1 rings (SSSR count). The zero-order chi connectivity index (χ0) is 18.2. The molecule has 0 amide bonds. The highest BCUT2D eigenvalue weighted by Crippen LogP contribution is 2.20. The van der Waals surface area contributed by atoms with Crippen LogP contribution in [0.3, 0.4) is 0 Å². The molecule has 1 unspecified atom stereocenters. The average molecular weight is 334 g/mol. The van der Waals surface area contributed by atoms with Gasteiger partial charge < -0.3 is 14.3 Å². The lowest BCUT2D eigenvalue weighted by Crippen LogP contribution is -2.30. The van der Waals surface area contributed by atoms with Gasteiger partial charge in [0, 0.05) is 6.42 Å². The predicted molar refractivity (Wildman–Crippen MR) is 90.7 cm³/mol. The van der Waals surface area contributed by atoms with Gasteiger partial charge in [-0.25, -0.2) is 4.79 Å². The number of carbonyl (C=O) groups is 3. The molecule has 0 bridgehead atoms. The van der Waals surface area contributed by atoms with Gasteiger partial charge in [0.25, 0.3) is 0 Å². The molecule has 5 nitrogen and oxygen atoms in total. The van der Waals surface area contributed by atoms with Crippen molar-refractivity contribution in [2.45, 2.75) is 52.6 Å². The molecule has 0 spiro atoms. The van der Waals surface area contributed by atoms with Crippen molar-refractivity contribution in [2.75, 3.05) is 6.61 Å². The van der Waals surface area contributed by atoms with Gasteiger partial charge in [-0.1, -0.05) is 12.1 Å². The molecule has 1 aromatic rings. The molecule has 24 heavy (non-hydrogen) atoms. The molecule has 1 aromatic carbocycles. The Morgan fingerprint density at radius 3 is 2.29 bits per heavy atom. The number of benzene rings is 1. The molecular formula is C19H26O5. The quantitative estimate of drug-likeness (QED) is 0.539. The van der Waals surface area contributed by atoms with Crippen LogP contribution < -0.4 is 0 Å². The highest BCUT2D eigenvalue weighted by molar-refractivity contribution is 5.89. The van der Waals surface area contributed by atoms with E-state index in [1.807, 2.05) is 20.8 Å². The molecule has 0 aliphatic carbocycles. The maximum absolute atomic E-state index is 12.3. The van der Waals surface area contributed by atoms with E-state index in [2.05, 4.69) is 0 Å². The fourth-order valence-electron chi connectivity index (χ4n) is 2.23. The monoisotopic (exact) mass is 334 g/mol. The smallest absolute Gasteiger partial charge is 0.338 e. The number of hydrogen-bond donors (Lipinski definition) is 0. The third kappa shape index (κ3) is 6.94. The van der Waals surface area contributed by atoms with Crippen molar-refractivity contribution in [2.24, 2.45) is 5.92 Å². The SMILES string of the molecule is CCOC(=O)c1ccc(CC(CCC=O)C(=O)OC(C)(C)C)cc1. The van der Waals surface area contributed by atoms with Crippen LogP contribution >= 0.6 is 0 Å². The molecule has 0 heterocycles. The molecule has 0 N–H and O–H groups in total. The Balaban J connectivity index is 2.80. The molecule has 0 saturated carbocycles. The molecule has 0 aromatic heterocycles. The largest absolute Gasteiger partial charge is 0.462 e. The number of ether oxygens (including phenoxy) is 2. The molecule has 132 valence electrons. The second-order valence-electron chi connectivity index (χ2n) is 6.60. The Hall–Kier alpha value is -2.17. The summed E-state index contributed by atoms with van der Waals surface area (Å²) in [4.78, 5) is 34.6. The van der Waals surface area contributed by atoms with E-state index in [0.29, 0.717) is 31.4 Å². The summed E-state index contributed by atoms with van der Waals surface area (Å²) in [5, 5.41) is 0. The first-order valence-electron chi connectivity index (χ1n) is 8.19. The van der Waals surface area contributed by atoms with Crippen molar-refractivity contribution in [3.05, 3.63) is 35.4 Å². The van der Waals surface area contributed by atoms with Crippen LogP contribution in [0, 0.1) is 5.92 Å². The highest BCUT2D eigenvalue weighted by Gasteiger charge is 2.25. The summed E-state index contributed by atoms with van der Waals surface area (Å²) < 4.78 is 10.4. The Morgan fingerprint density at radius 2 is 1.79 bits per heavy atom. The number of esters is 2. The number of aldehydes is 1. The fraction of sp³-hybridized carbons (Fsp3) is 0.526. The number of hydrogen-bond acceptors (Lipinski definition) is 5. The van der Waals surface area contributed by atoms with Gasteiger partial charge in [-0.15, -0.1) is 0 Å². The van der Waals surface area contributed by atoms with Crippen molar-refractivity contribution in [1.82, 2.24) is 0 Å². The summed E-state index contributed by atoms with van der Waals surface area (Å²) in [5.74, 6) is -1.06. The molecule has 1 atom stereocenters. The molecule has 0 radical (unpaired) electrons. The first-order valence-corrected chi connectivity index (χ1v) is 8.19. The number of carbonyl (C=O) groups excluding carboxylic acids is 3. The van der Waals surface area contributed by atoms with Crippen LogP contribution in [0.4, 0.5) is 0 Å². The molecule has 0 aliphatic rings. The minimum atomic E-state index is -0.565. The number of rotatable bonds is 8. The van der Waals surface area contributed by atoms with Crippen LogP contribution in [0.15, 0.2) is 24.3 Å². The van der Waals surface area contributed by atoms with Crippen LogP contribution in [0.25, 0.3) is 0 Å². The molecule has 5 heteroatoms. The van der Waals surface area contributed by atoms with Crippen LogP contribution in [0.2, 0.25) is 0 Å². The third-order valence-corrected chi connectivity index (χ3v) is 3.32. The summed E-state index contributed by atoms with van der Waals surface area (Å²) >= 11 is 0. The van der Waals surface area contributed by atoms with Gasteiger partial charge in [0.15, 0.2) is 0 Å². The Labute approximate surface area is 143 Å². The van der Waals surface area contributed by atoms with E-state index in [-0.39, 0.29) is 17.9 Å². The lowest BCUT2D eigenvalue weighted by atomic mass is 9.94. The van der Waals surface area contributed by atoms with Crippen molar-refractivity contribution < 1.29 is 23.9 Å². The molecule has 0 saturated heterocycles. The zero-order valence-corrected chi connectivity index (χ0v) is 14.8. The first kappa shape index (κ1) is 19.9. The van der Waals surface area contributed by atoms with Gasteiger partial charge in [-0.05, 0) is 58.2 Å². The molecule has 0 fully saturated rings. The van der Waals surface area contributed by atoms with Crippen LogP contribution in [-0.4, -0.2) is 30.4 Å². The predicted octanol–water partition coefficient (Wildman–Crippen LogP) is 3.34. The lowest BCUT2D eigenvalue weighted by Gasteiger charge is -2.23. The van der Waals surface area contributed by atoms with Crippen molar-refractivity contribution in [3.63, 3.8) is 0 Å². The van der Waals surface area contributed by atoms with Gasteiger partial charge >= 0.3 is 11.9 Å². The highest BCUT2D eigenvalue weighted by atomic mass is 16.6. The maximum atomic E-state index is 12.3. The van der Waals surface area contributed by atoms with Gasteiger partial charge in [0.05, 0.1) is 18.1 Å². The van der Waals surface area contributed by atoms with Crippen molar-refractivity contribution in [1.29, 1.82) is 0 Å². The minimum Gasteiger partial charge on any atom is -0.462 e. The molecule has 0 aliphatic heterocycles. The summed E-state index contributed by atoms with van der Waals surface area (Å²) in [6.45, 7) is 7.53. The lowest BCUT2D eigenvalue weighted by molar-refractivity contribution is -0.160. The minimum absolute atomic E-state index is 0.307. The van der Waals surface area contributed by atoms with E-state index in [0.717, 1.165) is 11.8 Å². The Morgan fingerprint density at radius 1 is 1.17 bits per heavy atom. The van der Waals surface area contributed by atoms with E-state index >= 15 is 0 Å². The van der Waals surface area contributed by atoms with Gasteiger partial charge in [0.1, 0.15) is 11.9 Å². The first-order chi connectivity index (χ1) is 11.3. The van der Waals surface area contributed by atoms with Crippen LogP contribution in [0.5, 0.6) is 0 Å². The van der Waals surface area contributed by atoms with Gasteiger partial charge in [-0.2, -0.15) is 0 Å². The standard InChI is InChI=1S/C19H26O5/c1-5-23-17(21)15-10-8-14(9-11-15)13-16(7-6-12-20)18(22)24-19(2,3)4/h8-12,16H,5-7,13H2,1-4H3. The van der Waals surface area contributed by atoms with E-state index in [1.54, 1.807) is 31.2 Å². The maximum Gasteiger partial charge on any atom is 0.338 e. The van der Waals surface area contributed by atoms with E-state index < -0.39 is 5.60 Å². The van der Waals surface area contributed by atoms with Crippen molar-refractivity contribution >= 4 is 18.2 Å². The van der Waals surface area contributed by atoms with E-state index in [4.69, 9.17) is 9.47 Å². The average Bonchev–Trinajstić information content (AvgIpc) is 2.50. The summed E-state index contributed by atoms with van der Waals surface area (Å²) in [5.41, 5.74) is 0.816. The zero-order valence-electron chi connectivity index (χ0n) is 14.8. The topological polar surface area (TPSA) is 69.7 Å². The summed E-state index contributed by atoms with van der Waals surface area (Å²) in [7, 11) is 0. The van der Waals surface area contributed by atoms with E-state index in [9.17, 15) is 14.4 Å². The van der Waals surface area contributed by atoms with E-state index in [1.165, 1.54) is 0 Å². The van der Waals surface area contributed by atoms with Gasteiger partial charge in [-0.3, -0.25) is 4.79 Å². The normalized spacial score (nSPS) is 12.3. The van der Waals surface area contributed by atoms with Crippen LogP contribution in [0.1, 0.15) is 56.5 Å². The second-order valence-corrected chi connectivity index (χ2v) is 6.60. The second kappa shape index (κ2) is 9.21. The fourth-order valence-corrected chi connectivity index (χ4v) is 2.23. The Kier molecular flexibility index (Phi) is 7.62. The summed E-state index contributed by atoms with van der Waals surface area (Å²) in [6, 6.07) is 6.95. The summed E-state index contributed by atoms with van der Waals surface area (Å²) in [6.07, 6.45) is 2.02. The van der Waals surface area contributed by atoms with Crippen LogP contribution in [-0.2, 0) is 25.5 Å². The Bertz CT molecular complexity index is 554.